The second-order valence-electron chi connectivity index (χ2n) is 6.94. The van der Waals surface area contributed by atoms with Gasteiger partial charge in [-0.05, 0) is 53.6 Å². The third kappa shape index (κ3) is 5.40. The number of nitrogens with zero attached hydrogens (tertiary/aromatic N) is 2. The number of aromatic amines is 1. The van der Waals surface area contributed by atoms with Gasteiger partial charge < -0.3 is 9.47 Å². The van der Waals surface area contributed by atoms with Gasteiger partial charge >= 0.3 is 0 Å². The zero-order valence-electron chi connectivity index (χ0n) is 17.5. The van der Waals surface area contributed by atoms with Crippen molar-refractivity contribution >= 4 is 12.1 Å². The molecule has 1 heterocycles. The molecule has 3 aromatic carbocycles. The van der Waals surface area contributed by atoms with Crippen molar-refractivity contribution in [2.24, 2.45) is 5.10 Å². The molecule has 2 N–H and O–H groups in total. The average Bonchev–Trinajstić information content (AvgIpc) is 3.34. The number of ether oxygens (including phenoxy) is 2. The first-order chi connectivity index (χ1) is 15.7. The van der Waals surface area contributed by atoms with E-state index >= 15 is 0 Å². The molecule has 0 spiro atoms. The van der Waals surface area contributed by atoms with Crippen LogP contribution in [0.15, 0.2) is 90.0 Å². The molecular weight excluding hydrogens is 404 g/mol. The summed E-state index contributed by atoms with van der Waals surface area (Å²) in [6.45, 7) is 0.503. The van der Waals surface area contributed by atoms with Crippen molar-refractivity contribution < 1.29 is 14.3 Å². The van der Waals surface area contributed by atoms with Crippen molar-refractivity contribution in [2.75, 3.05) is 7.11 Å². The Bertz CT molecular complexity index is 1200. The van der Waals surface area contributed by atoms with Crippen LogP contribution in [-0.4, -0.2) is 29.4 Å². The molecule has 4 rings (SSSR count). The maximum absolute atomic E-state index is 12.3. The Hall–Kier alpha value is -4.39. The standard InChI is InChI=1S/C25H22N4O3/c1-31-22-9-5-8-19(14-22)16-26-29-25(30)24-15-23(27-28-24)20-10-12-21(13-11-20)32-17-18-6-3-2-4-7-18/h2-16H,17H2,1H3,(H,27,28)(H,29,30). The number of carbonyl (C=O) groups excluding carboxylic acids is 1. The topological polar surface area (TPSA) is 88.6 Å². The summed E-state index contributed by atoms with van der Waals surface area (Å²) in [6.07, 6.45) is 1.55. The number of hydrogen-bond acceptors (Lipinski definition) is 5. The molecule has 4 aromatic rings. The van der Waals surface area contributed by atoms with Crippen LogP contribution in [0.2, 0.25) is 0 Å². The third-order valence-corrected chi connectivity index (χ3v) is 4.69. The Labute approximate surface area is 185 Å². The Morgan fingerprint density at radius 2 is 1.81 bits per heavy atom. The van der Waals surface area contributed by atoms with Gasteiger partial charge in [0.25, 0.3) is 5.91 Å². The fourth-order valence-corrected chi connectivity index (χ4v) is 3.00. The Balaban J connectivity index is 1.34. The number of nitrogens with one attached hydrogen (secondary N) is 2. The summed E-state index contributed by atoms with van der Waals surface area (Å²) in [5, 5.41) is 11.0. The van der Waals surface area contributed by atoms with Crippen LogP contribution in [-0.2, 0) is 6.61 Å². The molecule has 0 atom stereocenters. The van der Waals surface area contributed by atoms with Gasteiger partial charge in [-0.2, -0.15) is 10.2 Å². The Morgan fingerprint density at radius 1 is 1.00 bits per heavy atom. The number of carbonyl (C=O) groups is 1. The summed E-state index contributed by atoms with van der Waals surface area (Å²) in [5.74, 6) is 1.10. The van der Waals surface area contributed by atoms with Gasteiger partial charge in [-0.3, -0.25) is 9.89 Å². The number of methoxy groups -OCH3 is 1. The molecule has 7 heteroatoms. The highest BCUT2D eigenvalue weighted by Gasteiger charge is 2.10. The van der Waals surface area contributed by atoms with Crippen molar-refractivity contribution in [1.82, 2.24) is 15.6 Å². The highest BCUT2D eigenvalue weighted by molar-refractivity contribution is 5.94. The van der Waals surface area contributed by atoms with Gasteiger partial charge in [-0.25, -0.2) is 5.43 Å². The second-order valence-corrected chi connectivity index (χ2v) is 6.94. The van der Waals surface area contributed by atoms with E-state index in [0.717, 1.165) is 28.2 Å². The average molecular weight is 426 g/mol. The van der Waals surface area contributed by atoms with Crippen LogP contribution >= 0.6 is 0 Å². The van der Waals surface area contributed by atoms with E-state index in [-0.39, 0.29) is 5.91 Å². The highest BCUT2D eigenvalue weighted by Crippen LogP contribution is 2.22. The van der Waals surface area contributed by atoms with Crippen molar-refractivity contribution in [2.45, 2.75) is 6.61 Å². The smallest absolute Gasteiger partial charge is 0.289 e. The summed E-state index contributed by atoms with van der Waals surface area (Å²) in [5.41, 5.74) is 6.24. The Morgan fingerprint density at radius 3 is 2.59 bits per heavy atom. The zero-order chi connectivity index (χ0) is 22.2. The Kier molecular flexibility index (Phi) is 6.57. The van der Waals surface area contributed by atoms with E-state index in [1.165, 1.54) is 0 Å². The first-order valence-corrected chi connectivity index (χ1v) is 10.0. The summed E-state index contributed by atoms with van der Waals surface area (Å²) >= 11 is 0. The first kappa shape index (κ1) is 20.9. The molecule has 0 bridgehead atoms. The minimum Gasteiger partial charge on any atom is -0.497 e. The molecule has 0 aliphatic carbocycles. The monoisotopic (exact) mass is 426 g/mol. The first-order valence-electron chi connectivity index (χ1n) is 10.0. The maximum Gasteiger partial charge on any atom is 0.289 e. The van der Waals surface area contributed by atoms with Crippen LogP contribution < -0.4 is 14.9 Å². The van der Waals surface area contributed by atoms with Crippen LogP contribution in [0.1, 0.15) is 21.6 Å². The van der Waals surface area contributed by atoms with Gasteiger partial charge in [-0.15, -0.1) is 0 Å². The van der Waals surface area contributed by atoms with Gasteiger partial charge in [0.2, 0.25) is 0 Å². The van der Waals surface area contributed by atoms with E-state index in [9.17, 15) is 4.79 Å². The predicted octanol–water partition coefficient (Wildman–Crippen LogP) is 4.43. The largest absolute Gasteiger partial charge is 0.497 e. The molecule has 0 saturated heterocycles. The minimum absolute atomic E-state index is 0.312. The van der Waals surface area contributed by atoms with E-state index in [4.69, 9.17) is 9.47 Å². The zero-order valence-corrected chi connectivity index (χ0v) is 17.5. The molecule has 32 heavy (non-hydrogen) atoms. The minimum atomic E-state index is -0.384. The molecule has 7 nitrogen and oxygen atoms in total. The van der Waals surface area contributed by atoms with E-state index in [0.29, 0.717) is 18.0 Å². The number of rotatable bonds is 8. The highest BCUT2D eigenvalue weighted by atomic mass is 16.5. The quantitative estimate of drug-likeness (QED) is 0.322. The number of hydrazone groups is 1. The number of amides is 1. The summed E-state index contributed by atoms with van der Waals surface area (Å²) in [4.78, 5) is 12.3. The third-order valence-electron chi connectivity index (χ3n) is 4.69. The molecular formula is C25H22N4O3. The lowest BCUT2D eigenvalue weighted by Gasteiger charge is -2.06. The van der Waals surface area contributed by atoms with Crippen LogP contribution in [0, 0.1) is 0 Å². The van der Waals surface area contributed by atoms with Crippen molar-refractivity contribution in [3.63, 3.8) is 0 Å². The molecule has 1 amide bonds. The van der Waals surface area contributed by atoms with Crippen LogP contribution in [0.3, 0.4) is 0 Å². The van der Waals surface area contributed by atoms with Crippen molar-refractivity contribution in [1.29, 1.82) is 0 Å². The normalized spacial score (nSPS) is 10.8. The molecule has 0 aliphatic heterocycles. The van der Waals surface area contributed by atoms with E-state index in [1.807, 2.05) is 78.9 Å². The predicted molar refractivity (Wildman–Crippen MR) is 123 cm³/mol. The summed E-state index contributed by atoms with van der Waals surface area (Å²) in [6, 6.07) is 26.6. The number of aromatic nitrogens is 2. The van der Waals surface area contributed by atoms with E-state index < -0.39 is 0 Å². The molecule has 0 aliphatic rings. The van der Waals surface area contributed by atoms with Gasteiger partial charge in [0.05, 0.1) is 19.0 Å². The SMILES string of the molecule is COc1cccc(C=NNC(=O)c2cc(-c3ccc(OCc4ccccc4)cc3)n[nH]2)c1. The molecule has 0 fully saturated rings. The van der Waals surface area contributed by atoms with Gasteiger partial charge in [-0.1, -0.05) is 42.5 Å². The fraction of sp³-hybridized carbons (Fsp3) is 0.0800. The molecule has 160 valence electrons. The molecule has 0 saturated carbocycles. The number of benzene rings is 3. The van der Waals surface area contributed by atoms with Crippen LogP contribution in [0.4, 0.5) is 0 Å². The maximum atomic E-state index is 12.3. The second kappa shape index (κ2) is 10.1. The van der Waals surface area contributed by atoms with Gasteiger partial charge in [0, 0.05) is 5.56 Å². The lowest BCUT2D eigenvalue weighted by molar-refractivity contribution is 0.0950. The number of hydrogen-bond donors (Lipinski definition) is 2. The lowest BCUT2D eigenvalue weighted by Crippen LogP contribution is -2.18. The van der Waals surface area contributed by atoms with Gasteiger partial charge in [0.15, 0.2) is 0 Å². The van der Waals surface area contributed by atoms with Crippen molar-refractivity contribution in [3.05, 3.63) is 102 Å². The van der Waals surface area contributed by atoms with E-state index in [1.54, 1.807) is 19.4 Å². The molecule has 0 radical (unpaired) electrons. The van der Waals surface area contributed by atoms with Crippen LogP contribution in [0.25, 0.3) is 11.3 Å². The van der Waals surface area contributed by atoms with Crippen molar-refractivity contribution in [3.8, 4) is 22.8 Å². The number of H-pyrrole nitrogens is 1. The molecule has 1 aromatic heterocycles. The summed E-state index contributed by atoms with van der Waals surface area (Å²) < 4.78 is 11.0. The lowest BCUT2D eigenvalue weighted by atomic mass is 10.1. The van der Waals surface area contributed by atoms with Gasteiger partial charge in [0.1, 0.15) is 23.8 Å². The van der Waals surface area contributed by atoms with E-state index in [2.05, 4.69) is 20.7 Å². The molecule has 0 unspecified atom stereocenters. The van der Waals surface area contributed by atoms with Crippen LogP contribution in [0.5, 0.6) is 11.5 Å². The fourth-order valence-electron chi connectivity index (χ4n) is 3.00. The summed E-state index contributed by atoms with van der Waals surface area (Å²) in [7, 11) is 1.60.